The molecule has 1 heterocycles. The lowest BCUT2D eigenvalue weighted by molar-refractivity contribution is -0.278. The fourth-order valence-corrected chi connectivity index (χ4v) is 7.36. The minimum atomic E-state index is -3.87. The Balaban J connectivity index is 1.03. The molecule has 2 saturated carbocycles. The van der Waals surface area contributed by atoms with Crippen molar-refractivity contribution in [1.82, 2.24) is 0 Å². The quantitative estimate of drug-likeness (QED) is 0.111. The number of hydrogen-bond acceptors (Lipinski definition) is 4. The van der Waals surface area contributed by atoms with E-state index in [0.717, 1.165) is 50.9 Å². The molecule has 0 unspecified atom stereocenters. The molecule has 0 amide bonds. The number of benzene rings is 2. The molecule has 5 rings (SSSR count). The van der Waals surface area contributed by atoms with E-state index in [-0.39, 0.29) is 49.9 Å². The third-order valence-corrected chi connectivity index (χ3v) is 10.3. The molecule has 2 aliphatic carbocycles. The van der Waals surface area contributed by atoms with Crippen LogP contribution in [0.15, 0.2) is 30.3 Å². The molecule has 3 aliphatic rings. The number of aryl methyl sites for hydroxylation is 1. The molecule has 2 aromatic rings. The van der Waals surface area contributed by atoms with Crippen molar-refractivity contribution in [2.24, 2.45) is 17.8 Å². The molecule has 0 atom stereocenters. The zero-order valence-corrected chi connectivity index (χ0v) is 27.8. The van der Waals surface area contributed by atoms with E-state index < -0.39 is 59.7 Å². The molecule has 274 valence electrons. The fourth-order valence-electron chi connectivity index (χ4n) is 7.36. The van der Waals surface area contributed by atoms with Crippen LogP contribution in [0.5, 0.6) is 5.75 Å². The molecule has 4 nitrogen and oxygen atoms in total. The van der Waals surface area contributed by atoms with Crippen LogP contribution in [0, 0.1) is 41.0 Å². The van der Waals surface area contributed by atoms with Gasteiger partial charge in [0.15, 0.2) is 23.7 Å². The van der Waals surface area contributed by atoms with E-state index in [2.05, 4.69) is 11.7 Å². The summed E-state index contributed by atoms with van der Waals surface area (Å²) >= 11 is 0. The van der Waals surface area contributed by atoms with E-state index >= 15 is 4.39 Å². The standard InChI is InChI=1S/C37H46F8O4/c1-2-3-4-5-23-21-46-35(47-22-23)26-9-6-24(7-10-26)27-11-8-25(31(38)18-27)16-17-36(42,43)48-29-14-12-28(13-15-29)37(44,45)49-30-19-32(39)34(41)33(40)20-30/h8,11,18-20,23-24,26,28-29,35H,2-7,9-10,12-17,21-22H2,1H3. The third-order valence-electron chi connectivity index (χ3n) is 10.3. The Bertz CT molecular complexity index is 1330. The number of ether oxygens (including phenoxy) is 4. The zero-order chi connectivity index (χ0) is 35.2. The lowest BCUT2D eigenvalue weighted by atomic mass is 9.78. The number of rotatable bonds is 14. The molecule has 49 heavy (non-hydrogen) atoms. The molecule has 3 fully saturated rings. The van der Waals surface area contributed by atoms with Crippen molar-refractivity contribution < 1.29 is 54.1 Å². The topological polar surface area (TPSA) is 36.9 Å². The van der Waals surface area contributed by atoms with Crippen LogP contribution in [0.25, 0.3) is 0 Å². The van der Waals surface area contributed by atoms with E-state index in [9.17, 15) is 30.7 Å². The second-order valence-electron chi connectivity index (χ2n) is 14.0. The van der Waals surface area contributed by atoms with Crippen molar-refractivity contribution in [1.29, 1.82) is 0 Å². The van der Waals surface area contributed by atoms with Gasteiger partial charge in [0.05, 0.1) is 25.2 Å². The predicted octanol–water partition coefficient (Wildman–Crippen LogP) is 10.9. The number of halogens is 8. The first-order valence-electron chi connectivity index (χ1n) is 17.6. The first-order chi connectivity index (χ1) is 23.3. The monoisotopic (exact) mass is 706 g/mol. The van der Waals surface area contributed by atoms with Crippen molar-refractivity contribution in [3.05, 3.63) is 64.7 Å². The molecule has 1 aliphatic heterocycles. The maximum absolute atomic E-state index is 15.1. The Labute approximate surface area is 282 Å². The van der Waals surface area contributed by atoms with Gasteiger partial charge in [0, 0.05) is 30.4 Å². The van der Waals surface area contributed by atoms with Crippen molar-refractivity contribution in [2.45, 2.75) is 127 Å². The van der Waals surface area contributed by atoms with E-state index in [1.807, 2.05) is 0 Å². The van der Waals surface area contributed by atoms with Crippen LogP contribution < -0.4 is 4.74 Å². The summed E-state index contributed by atoms with van der Waals surface area (Å²) in [5.74, 6) is -7.10. The molecule has 0 aromatic heterocycles. The van der Waals surface area contributed by atoms with Crippen molar-refractivity contribution >= 4 is 0 Å². The molecule has 0 spiro atoms. The molecule has 1 saturated heterocycles. The molecule has 2 aromatic carbocycles. The highest BCUT2D eigenvalue weighted by molar-refractivity contribution is 5.28. The van der Waals surface area contributed by atoms with Gasteiger partial charge in [-0.15, -0.1) is 0 Å². The van der Waals surface area contributed by atoms with Gasteiger partial charge in [-0.25, -0.2) is 17.6 Å². The second kappa shape index (κ2) is 16.7. The van der Waals surface area contributed by atoms with Gasteiger partial charge >= 0.3 is 12.2 Å². The lowest BCUT2D eigenvalue weighted by Crippen LogP contribution is -2.40. The SMILES string of the molecule is CCCCCC1COC(C2CCC(c3ccc(CCC(F)(F)OC4CCC(C(F)(F)Oc5cc(F)c(F)c(F)c5)CC4)c(F)c3)CC2)OC1. The van der Waals surface area contributed by atoms with E-state index in [1.165, 1.54) is 25.3 Å². The van der Waals surface area contributed by atoms with Crippen LogP contribution in [0.2, 0.25) is 0 Å². The maximum atomic E-state index is 15.1. The molecule has 0 radical (unpaired) electrons. The van der Waals surface area contributed by atoms with Crippen LogP contribution in [-0.4, -0.2) is 37.8 Å². The smallest absolute Gasteiger partial charge is 0.400 e. The molecular formula is C37H46F8O4. The minimum absolute atomic E-state index is 0.130. The summed E-state index contributed by atoms with van der Waals surface area (Å²) in [6, 6.07) is 5.41. The Morgan fingerprint density at radius 1 is 0.776 bits per heavy atom. The van der Waals surface area contributed by atoms with Crippen LogP contribution in [0.3, 0.4) is 0 Å². The average Bonchev–Trinajstić information content (AvgIpc) is 3.07. The fraction of sp³-hybridized carbons (Fsp3) is 0.676. The van der Waals surface area contributed by atoms with Crippen LogP contribution in [-0.2, 0) is 20.6 Å². The number of alkyl halides is 4. The number of unbranched alkanes of at least 4 members (excludes halogenated alkanes) is 2. The van der Waals surface area contributed by atoms with Crippen molar-refractivity contribution in [2.75, 3.05) is 13.2 Å². The Kier molecular flexibility index (Phi) is 12.9. The highest BCUT2D eigenvalue weighted by atomic mass is 19.3. The van der Waals surface area contributed by atoms with Crippen LogP contribution in [0.1, 0.15) is 107 Å². The summed E-state index contributed by atoms with van der Waals surface area (Å²) in [6.45, 7) is 3.65. The summed E-state index contributed by atoms with van der Waals surface area (Å²) < 4.78 is 135. The summed E-state index contributed by atoms with van der Waals surface area (Å²) in [5, 5.41) is 0. The van der Waals surface area contributed by atoms with Gasteiger partial charge < -0.3 is 18.9 Å². The lowest BCUT2D eigenvalue weighted by Gasteiger charge is -2.37. The average molecular weight is 707 g/mol. The van der Waals surface area contributed by atoms with E-state index in [1.54, 1.807) is 12.1 Å². The predicted molar refractivity (Wildman–Crippen MR) is 166 cm³/mol. The van der Waals surface area contributed by atoms with E-state index in [0.29, 0.717) is 24.0 Å². The summed E-state index contributed by atoms with van der Waals surface area (Å²) in [7, 11) is 0. The maximum Gasteiger partial charge on any atom is 0.400 e. The third kappa shape index (κ3) is 10.3. The Morgan fingerprint density at radius 3 is 2.04 bits per heavy atom. The van der Waals surface area contributed by atoms with Gasteiger partial charge in [-0.2, -0.15) is 17.6 Å². The van der Waals surface area contributed by atoms with Gasteiger partial charge in [0.2, 0.25) is 0 Å². The van der Waals surface area contributed by atoms with Crippen molar-refractivity contribution in [3.63, 3.8) is 0 Å². The molecular weight excluding hydrogens is 660 g/mol. The largest absolute Gasteiger partial charge is 0.432 e. The molecule has 0 N–H and O–H groups in total. The highest BCUT2D eigenvalue weighted by Crippen LogP contribution is 2.42. The van der Waals surface area contributed by atoms with E-state index in [4.69, 9.17) is 14.2 Å². The normalized spacial score (nSPS) is 26.9. The first-order valence-corrected chi connectivity index (χ1v) is 17.6. The first kappa shape index (κ1) is 37.8. The van der Waals surface area contributed by atoms with Gasteiger partial charge in [-0.1, -0.05) is 38.3 Å². The number of hydrogen-bond donors (Lipinski definition) is 0. The molecule has 0 bridgehead atoms. The summed E-state index contributed by atoms with van der Waals surface area (Å²) in [5.41, 5.74) is 0.990. The van der Waals surface area contributed by atoms with Crippen LogP contribution in [0.4, 0.5) is 35.1 Å². The van der Waals surface area contributed by atoms with Gasteiger partial charge in [-0.05, 0) is 87.3 Å². The Hall–Kier alpha value is -2.44. The zero-order valence-electron chi connectivity index (χ0n) is 27.8. The highest BCUT2D eigenvalue weighted by Gasteiger charge is 2.46. The van der Waals surface area contributed by atoms with Gasteiger partial charge in [-0.3, -0.25) is 0 Å². The Morgan fingerprint density at radius 2 is 1.43 bits per heavy atom. The minimum Gasteiger partial charge on any atom is -0.432 e. The summed E-state index contributed by atoms with van der Waals surface area (Å²) in [4.78, 5) is 0. The second-order valence-corrected chi connectivity index (χ2v) is 14.0. The van der Waals surface area contributed by atoms with Crippen molar-refractivity contribution in [3.8, 4) is 5.75 Å². The van der Waals surface area contributed by atoms with Gasteiger partial charge in [0.1, 0.15) is 11.6 Å². The molecule has 12 heteroatoms. The van der Waals surface area contributed by atoms with Gasteiger partial charge in [0.25, 0.3) is 0 Å². The van der Waals surface area contributed by atoms with Crippen LogP contribution >= 0.6 is 0 Å². The summed E-state index contributed by atoms with van der Waals surface area (Å²) in [6.07, 6.45) is -2.23.